The maximum atomic E-state index is 5.67. The van der Waals surface area contributed by atoms with Crippen LogP contribution in [0.4, 0.5) is 0 Å². The average molecular weight is 219 g/mol. The zero-order chi connectivity index (χ0) is 11.4. The van der Waals surface area contributed by atoms with Gasteiger partial charge in [0, 0.05) is 19.6 Å². The molecule has 2 aromatic rings. The third kappa shape index (κ3) is 2.23. The van der Waals surface area contributed by atoms with E-state index in [9.17, 15) is 0 Å². The summed E-state index contributed by atoms with van der Waals surface area (Å²) in [6.07, 6.45) is 0.812. The number of benzene rings is 1. The number of nitrogens with one attached hydrogen (secondary N) is 1. The van der Waals surface area contributed by atoms with Gasteiger partial charge in [-0.05, 0) is 18.6 Å². The zero-order valence-electron chi connectivity index (χ0n) is 9.49. The van der Waals surface area contributed by atoms with Gasteiger partial charge in [-0.25, -0.2) is 4.98 Å². The molecule has 0 aliphatic heterocycles. The largest absolute Gasteiger partial charge is 0.381 e. The standard InChI is InChI=1S/C12H17N3O/c1-2-16-7-6-11-14-10-5-3-4-9(8-13)12(10)15-11/h3-5H,2,6-8,13H2,1H3,(H,14,15). The van der Waals surface area contributed by atoms with Gasteiger partial charge in [0.05, 0.1) is 17.6 Å². The van der Waals surface area contributed by atoms with Crippen LogP contribution >= 0.6 is 0 Å². The molecule has 16 heavy (non-hydrogen) atoms. The average Bonchev–Trinajstić information content (AvgIpc) is 2.71. The van der Waals surface area contributed by atoms with Gasteiger partial charge in [-0.3, -0.25) is 0 Å². The highest BCUT2D eigenvalue weighted by molar-refractivity contribution is 5.78. The van der Waals surface area contributed by atoms with Crippen LogP contribution in [0, 0.1) is 0 Å². The minimum Gasteiger partial charge on any atom is -0.381 e. The number of para-hydroxylation sites is 1. The Morgan fingerprint density at radius 2 is 2.31 bits per heavy atom. The molecule has 0 radical (unpaired) electrons. The van der Waals surface area contributed by atoms with Crippen LogP contribution in [-0.4, -0.2) is 23.2 Å². The number of nitrogens with two attached hydrogens (primary N) is 1. The third-order valence-electron chi connectivity index (χ3n) is 2.55. The van der Waals surface area contributed by atoms with E-state index < -0.39 is 0 Å². The van der Waals surface area contributed by atoms with Crippen LogP contribution < -0.4 is 5.73 Å². The summed E-state index contributed by atoms with van der Waals surface area (Å²) in [5, 5.41) is 0. The van der Waals surface area contributed by atoms with Gasteiger partial charge in [0.1, 0.15) is 5.82 Å². The predicted octanol–water partition coefficient (Wildman–Crippen LogP) is 1.60. The number of aromatic amines is 1. The minimum atomic E-state index is 0.521. The van der Waals surface area contributed by atoms with Crippen LogP contribution in [0.5, 0.6) is 0 Å². The maximum absolute atomic E-state index is 5.67. The number of aromatic nitrogens is 2. The Morgan fingerprint density at radius 3 is 3.06 bits per heavy atom. The molecular weight excluding hydrogens is 202 g/mol. The topological polar surface area (TPSA) is 63.9 Å². The Morgan fingerprint density at radius 1 is 1.44 bits per heavy atom. The van der Waals surface area contributed by atoms with Gasteiger partial charge in [-0.1, -0.05) is 12.1 Å². The summed E-state index contributed by atoms with van der Waals surface area (Å²) in [5.74, 6) is 0.962. The number of rotatable bonds is 5. The summed E-state index contributed by atoms with van der Waals surface area (Å²) in [7, 11) is 0. The molecule has 0 unspecified atom stereocenters. The fraction of sp³-hybridized carbons (Fsp3) is 0.417. The van der Waals surface area contributed by atoms with E-state index >= 15 is 0 Å². The second-order valence-electron chi connectivity index (χ2n) is 3.65. The smallest absolute Gasteiger partial charge is 0.109 e. The minimum absolute atomic E-state index is 0.521. The fourth-order valence-electron chi connectivity index (χ4n) is 1.74. The first-order chi connectivity index (χ1) is 7.85. The molecule has 4 nitrogen and oxygen atoms in total. The van der Waals surface area contributed by atoms with Gasteiger partial charge in [0.2, 0.25) is 0 Å². The van der Waals surface area contributed by atoms with Gasteiger partial charge in [-0.15, -0.1) is 0 Å². The SMILES string of the molecule is CCOCCc1nc2c(CN)cccc2[nH]1. The van der Waals surface area contributed by atoms with Crippen LogP contribution in [0.25, 0.3) is 11.0 Å². The Hall–Kier alpha value is -1.39. The molecule has 0 atom stereocenters. The van der Waals surface area contributed by atoms with Crippen LogP contribution in [-0.2, 0) is 17.7 Å². The number of fused-ring (bicyclic) bond motifs is 1. The number of H-pyrrole nitrogens is 1. The predicted molar refractivity (Wildman–Crippen MR) is 64.2 cm³/mol. The highest BCUT2D eigenvalue weighted by Gasteiger charge is 2.05. The Bertz CT molecular complexity index is 464. The van der Waals surface area contributed by atoms with Crippen molar-refractivity contribution in [2.45, 2.75) is 19.9 Å². The Labute approximate surface area is 94.8 Å². The van der Waals surface area contributed by atoms with Crippen molar-refractivity contribution < 1.29 is 4.74 Å². The lowest BCUT2D eigenvalue weighted by Crippen LogP contribution is -1.99. The van der Waals surface area contributed by atoms with E-state index in [1.165, 1.54) is 0 Å². The van der Waals surface area contributed by atoms with E-state index in [1.54, 1.807) is 0 Å². The van der Waals surface area contributed by atoms with Gasteiger partial charge in [-0.2, -0.15) is 0 Å². The van der Waals surface area contributed by atoms with Crippen molar-refractivity contribution in [2.75, 3.05) is 13.2 Å². The molecule has 0 aliphatic carbocycles. The number of ether oxygens (including phenoxy) is 1. The van der Waals surface area contributed by atoms with Gasteiger partial charge >= 0.3 is 0 Å². The number of hydrogen-bond acceptors (Lipinski definition) is 3. The number of nitrogens with zero attached hydrogens (tertiary/aromatic N) is 1. The summed E-state index contributed by atoms with van der Waals surface area (Å²) < 4.78 is 5.31. The molecule has 2 rings (SSSR count). The molecule has 0 saturated carbocycles. The van der Waals surface area contributed by atoms with Crippen molar-refractivity contribution >= 4 is 11.0 Å². The molecule has 0 aliphatic rings. The van der Waals surface area contributed by atoms with Crippen LogP contribution in [0.1, 0.15) is 18.3 Å². The maximum Gasteiger partial charge on any atom is 0.109 e. The Kier molecular flexibility index (Phi) is 3.54. The molecule has 3 N–H and O–H groups in total. The first-order valence-corrected chi connectivity index (χ1v) is 5.59. The summed E-state index contributed by atoms with van der Waals surface area (Å²) >= 11 is 0. The second kappa shape index (κ2) is 5.09. The second-order valence-corrected chi connectivity index (χ2v) is 3.65. The lowest BCUT2D eigenvalue weighted by molar-refractivity contribution is 0.149. The van der Waals surface area contributed by atoms with Crippen molar-refractivity contribution in [3.8, 4) is 0 Å². The van der Waals surface area contributed by atoms with Gasteiger partial charge in [0.25, 0.3) is 0 Å². The summed E-state index contributed by atoms with van der Waals surface area (Å²) in [5.41, 5.74) is 8.78. The fourth-order valence-corrected chi connectivity index (χ4v) is 1.74. The molecule has 0 fully saturated rings. The van der Waals surface area contributed by atoms with Crippen molar-refractivity contribution in [1.82, 2.24) is 9.97 Å². The quantitative estimate of drug-likeness (QED) is 0.751. The first-order valence-electron chi connectivity index (χ1n) is 5.59. The first kappa shape index (κ1) is 11.1. The monoisotopic (exact) mass is 219 g/mol. The molecule has 0 saturated heterocycles. The number of imidazole rings is 1. The van der Waals surface area contributed by atoms with E-state index in [4.69, 9.17) is 10.5 Å². The normalized spacial score (nSPS) is 11.1. The number of hydrogen-bond donors (Lipinski definition) is 2. The molecule has 0 amide bonds. The van der Waals surface area contributed by atoms with Crippen LogP contribution in [0.15, 0.2) is 18.2 Å². The molecule has 4 heteroatoms. The highest BCUT2D eigenvalue weighted by atomic mass is 16.5. The molecule has 1 aromatic carbocycles. The van der Waals surface area contributed by atoms with E-state index in [0.717, 1.165) is 35.4 Å². The zero-order valence-corrected chi connectivity index (χ0v) is 9.49. The molecule has 1 aromatic heterocycles. The highest BCUT2D eigenvalue weighted by Crippen LogP contribution is 2.16. The van der Waals surface area contributed by atoms with E-state index in [1.807, 2.05) is 25.1 Å². The molecule has 86 valence electrons. The van der Waals surface area contributed by atoms with Gasteiger partial charge in [0.15, 0.2) is 0 Å². The van der Waals surface area contributed by atoms with Gasteiger partial charge < -0.3 is 15.5 Å². The van der Waals surface area contributed by atoms with Crippen LogP contribution in [0.2, 0.25) is 0 Å². The summed E-state index contributed by atoms with van der Waals surface area (Å²) in [6.45, 7) is 3.96. The lowest BCUT2D eigenvalue weighted by atomic mass is 10.2. The molecular formula is C12H17N3O. The van der Waals surface area contributed by atoms with E-state index in [2.05, 4.69) is 9.97 Å². The lowest BCUT2D eigenvalue weighted by Gasteiger charge is -1.96. The Balaban J connectivity index is 2.22. The molecule has 0 bridgehead atoms. The van der Waals surface area contributed by atoms with Crippen molar-refractivity contribution in [3.05, 3.63) is 29.6 Å². The molecule has 0 spiro atoms. The molecule has 1 heterocycles. The van der Waals surface area contributed by atoms with E-state index in [0.29, 0.717) is 13.2 Å². The van der Waals surface area contributed by atoms with Crippen molar-refractivity contribution in [1.29, 1.82) is 0 Å². The van der Waals surface area contributed by atoms with E-state index in [-0.39, 0.29) is 0 Å². The third-order valence-corrected chi connectivity index (χ3v) is 2.55. The summed E-state index contributed by atoms with van der Waals surface area (Å²) in [4.78, 5) is 7.82. The van der Waals surface area contributed by atoms with Crippen molar-refractivity contribution in [3.63, 3.8) is 0 Å². The summed E-state index contributed by atoms with van der Waals surface area (Å²) in [6, 6.07) is 6.02. The van der Waals surface area contributed by atoms with Crippen LogP contribution in [0.3, 0.4) is 0 Å². The van der Waals surface area contributed by atoms with Crippen molar-refractivity contribution in [2.24, 2.45) is 5.73 Å².